The van der Waals surface area contributed by atoms with E-state index in [1.165, 1.54) is 18.3 Å². The number of anilines is 1. The van der Waals surface area contributed by atoms with Crippen LogP contribution in [0.1, 0.15) is 40.6 Å². The van der Waals surface area contributed by atoms with Crippen molar-refractivity contribution >= 4 is 17.5 Å². The lowest BCUT2D eigenvalue weighted by atomic mass is 9.62. The van der Waals surface area contributed by atoms with E-state index in [1.54, 1.807) is 28.1 Å². The highest BCUT2D eigenvalue weighted by Crippen LogP contribution is 2.57. The number of rotatable bonds is 3. The van der Waals surface area contributed by atoms with Crippen LogP contribution in [0.15, 0.2) is 67.0 Å². The number of nitrogens with zero attached hydrogens (tertiary/aromatic N) is 4. The topological polar surface area (TPSA) is 66.4 Å². The normalized spacial score (nSPS) is 19.7. The van der Waals surface area contributed by atoms with Crippen LogP contribution in [0.2, 0.25) is 0 Å². The molecule has 1 spiro atoms. The number of β-lactam (4-membered cyclic amide) rings is 1. The maximum absolute atomic E-state index is 13.9. The van der Waals surface area contributed by atoms with Gasteiger partial charge >= 0.3 is 0 Å². The van der Waals surface area contributed by atoms with Gasteiger partial charge in [-0.15, -0.1) is 0 Å². The Balaban J connectivity index is 1.42. The van der Waals surface area contributed by atoms with Crippen molar-refractivity contribution in [3.05, 3.63) is 89.8 Å². The van der Waals surface area contributed by atoms with Crippen LogP contribution in [-0.2, 0) is 4.79 Å². The molecule has 1 atom stereocenters. The van der Waals surface area contributed by atoms with Gasteiger partial charge in [0.25, 0.3) is 5.91 Å². The van der Waals surface area contributed by atoms with Crippen LogP contribution in [0.3, 0.4) is 0 Å². The lowest BCUT2D eigenvalue weighted by Crippen LogP contribution is -2.67. The summed E-state index contributed by atoms with van der Waals surface area (Å²) in [6, 6.07) is 15.8. The van der Waals surface area contributed by atoms with Gasteiger partial charge in [-0.25, -0.2) is 9.37 Å². The summed E-state index contributed by atoms with van der Waals surface area (Å²) >= 11 is 0. The minimum Gasteiger partial charge on any atom is -0.337 e. The summed E-state index contributed by atoms with van der Waals surface area (Å²) < 4.78 is 13.9. The van der Waals surface area contributed by atoms with Crippen molar-refractivity contribution in [1.82, 2.24) is 14.9 Å². The number of aromatic nitrogens is 2. The number of likely N-dealkylation sites (tertiary alicyclic amines) is 1. The molecule has 0 bridgehead atoms. The van der Waals surface area contributed by atoms with Gasteiger partial charge in [0.1, 0.15) is 11.5 Å². The summed E-state index contributed by atoms with van der Waals surface area (Å²) in [4.78, 5) is 38.2. The first-order valence-electron chi connectivity index (χ1n) is 10.7. The SMILES string of the molecule is Cc1cnc(C(=O)N2CCC3(CC2)C(=O)N(c2cccc(F)c2)C3c2ccccc2)cn1. The average Bonchev–Trinajstić information content (AvgIpc) is 2.82. The van der Waals surface area contributed by atoms with Crippen molar-refractivity contribution in [2.24, 2.45) is 5.41 Å². The van der Waals surface area contributed by atoms with E-state index in [9.17, 15) is 14.0 Å². The number of carbonyl (C=O) groups is 2. The molecule has 7 heteroatoms. The highest BCUT2D eigenvalue weighted by molar-refractivity contribution is 6.06. The quantitative estimate of drug-likeness (QED) is 0.591. The Morgan fingerprint density at radius 1 is 1.03 bits per heavy atom. The zero-order valence-corrected chi connectivity index (χ0v) is 17.7. The molecule has 2 aliphatic heterocycles. The fourth-order valence-electron chi connectivity index (χ4n) is 4.91. The number of benzene rings is 2. The summed E-state index contributed by atoms with van der Waals surface area (Å²) in [5.41, 5.74) is 2.03. The van der Waals surface area contributed by atoms with E-state index >= 15 is 0 Å². The summed E-state index contributed by atoms with van der Waals surface area (Å²) in [5.74, 6) is -0.556. The number of aryl methyl sites for hydroxylation is 1. The molecule has 0 N–H and O–H groups in total. The van der Waals surface area contributed by atoms with E-state index in [4.69, 9.17) is 0 Å². The van der Waals surface area contributed by atoms with Crippen LogP contribution in [0.4, 0.5) is 10.1 Å². The highest BCUT2D eigenvalue weighted by Gasteiger charge is 2.62. The molecule has 0 aliphatic carbocycles. The largest absolute Gasteiger partial charge is 0.337 e. The molecular weight excluding hydrogens is 407 g/mol. The van der Waals surface area contributed by atoms with Gasteiger partial charge in [-0.1, -0.05) is 36.4 Å². The second-order valence-electron chi connectivity index (χ2n) is 8.46. The van der Waals surface area contributed by atoms with Crippen LogP contribution in [0, 0.1) is 18.2 Å². The molecule has 2 saturated heterocycles. The van der Waals surface area contributed by atoms with Gasteiger partial charge in [-0.3, -0.25) is 14.6 Å². The molecule has 3 aromatic rings. The lowest BCUT2D eigenvalue weighted by molar-refractivity contribution is -0.144. The molecule has 2 aromatic carbocycles. The molecule has 162 valence electrons. The van der Waals surface area contributed by atoms with Crippen LogP contribution in [0.5, 0.6) is 0 Å². The third-order valence-corrected chi connectivity index (χ3v) is 6.57. The van der Waals surface area contributed by atoms with Crippen molar-refractivity contribution in [2.45, 2.75) is 25.8 Å². The molecule has 1 unspecified atom stereocenters. The molecular formula is C25H23FN4O2. The van der Waals surface area contributed by atoms with Crippen LogP contribution in [-0.4, -0.2) is 39.8 Å². The Bertz CT molecular complexity index is 1160. The van der Waals surface area contributed by atoms with Crippen molar-refractivity contribution in [1.29, 1.82) is 0 Å². The smallest absolute Gasteiger partial charge is 0.274 e. The highest BCUT2D eigenvalue weighted by atomic mass is 19.1. The first-order chi connectivity index (χ1) is 15.5. The maximum Gasteiger partial charge on any atom is 0.274 e. The predicted octanol–water partition coefficient (Wildman–Crippen LogP) is 3.93. The first-order valence-corrected chi connectivity index (χ1v) is 10.7. The van der Waals surface area contributed by atoms with Gasteiger partial charge in [-0.2, -0.15) is 0 Å². The van der Waals surface area contributed by atoms with Crippen molar-refractivity contribution in [3.63, 3.8) is 0 Å². The molecule has 0 radical (unpaired) electrons. The second kappa shape index (κ2) is 7.82. The van der Waals surface area contributed by atoms with Gasteiger partial charge in [0.2, 0.25) is 5.91 Å². The number of halogens is 1. The minimum absolute atomic E-state index is 0.0146. The van der Waals surface area contributed by atoms with E-state index in [0.717, 1.165) is 11.3 Å². The molecule has 1 aromatic heterocycles. The molecule has 32 heavy (non-hydrogen) atoms. The molecule has 2 amide bonds. The van der Waals surface area contributed by atoms with Gasteiger partial charge in [0.05, 0.1) is 23.3 Å². The van der Waals surface area contributed by atoms with Crippen molar-refractivity contribution in [3.8, 4) is 0 Å². The van der Waals surface area contributed by atoms with Gasteiger partial charge in [0, 0.05) is 25.0 Å². The molecule has 2 aliphatic rings. The van der Waals surface area contributed by atoms with E-state index in [0.29, 0.717) is 37.3 Å². The Hall–Kier alpha value is -3.61. The van der Waals surface area contributed by atoms with Gasteiger partial charge in [0.15, 0.2) is 0 Å². The molecule has 5 rings (SSSR count). The van der Waals surface area contributed by atoms with Crippen molar-refractivity contribution in [2.75, 3.05) is 18.0 Å². The summed E-state index contributed by atoms with van der Waals surface area (Å²) in [6.07, 6.45) is 4.16. The lowest BCUT2D eigenvalue weighted by Gasteiger charge is -2.59. The summed E-state index contributed by atoms with van der Waals surface area (Å²) in [7, 11) is 0. The Labute approximate surface area is 185 Å². The molecule has 3 heterocycles. The number of hydrogen-bond acceptors (Lipinski definition) is 4. The summed E-state index contributed by atoms with van der Waals surface area (Å²) in [5, 5.41) is 0. The predicted molar refractivity (Wildman–Crippen MR) is 117 cm³/mol. The second-order valence-corrected chi connectivity index (χ2v) is 8.46. The maximum atomic E-state index is 13.9. The van der Waals surface area contributed by atoms with Gasteiger partial charge in [-0.05, 0) is 43.5 Å². The van der Waals surface area contributed by atoms with Gasteiger partial charge < -0.3 is 9.80 Å². The van der Waals surface area contributed by atoms with E-state index in [2.05, 4.69) is 9.97 Å². The van der Waals surface area contributed by atoms with E-state index < -0.39 is 5.41 Å². The number of carbonyl (C=O) groups excluding carboxylic acids is 2. The monoisotopic (exact) mass is 430 g/mol. The Morgan fingerprint density at radius 3 is 2.44 bits per heavy atom. The zero-order chi connectivity index (χ0) is 22.3. The Kier molecular flexibility index (Phi) is 4.96. The minimum atomic E-state index is -0.608. The fourth-order valence-corrected chi connectivity index (χ4v) is 4.91. The van der Waals surface area contributed by atoms with E-state index in [1.807, 2.05) is 37.3 Å². The Morgan fingerprint density at radius 2 is 1.78 bits per heavy atom. The number of amides is 2. The van der Waals surface area contributed by atoms with Crippen LogP contribution in [0.25, 0.3) is 0 Å². The summed E-state index contributed by atoms with van der Waals surface area (Å²) in [6.45, 7) is 2.74. The molecule has 2 fully saturated rings. The third kappa shape index (κ3) is 3.25. The zero-order valence-electron chi connectivity index (χ0n) is 17.7. The van der Waals surface area contributed by atoms with Crippen LogP contribution >= 0.6 is 0 Å². The molecule has 0 saturated carbocycles. The number of piperidine rings is 1. The van der Waals surface area contributed by atoms with Crippen molar-refractivity contribution < 1.29 is 14.0 Å². The fraction of sp³-hybridized carbons (Fsp3) is 0.280. The average molecular weight is 430 g/mol. The van der Waals surface area contributed by atoms with E-state index in [-0.39, 0.29) is 23.7 Å². The third-order valence-electron chi connectivity index (χ3n) is 6.57. The number of hydrogen-bond donors (Lipinski definition) is 0. The first kappa shape index (κ1) is 20.3. The molecule has 6 nitrogen and oxygen atoms in total. The van der Waals surface area contributed by atoms with Crippen LogP contribution < -0.4 is 4.90 Å². The standard InChI is InChI=1S/C25H23FN4O2/c1-17-15-28-21(16-27-17)23(31)29-12-10-25(11-13-29)22(18-6-3-2-4-7-18)30(24(25)32)20-9-5-8-19(26)14-20/h2-9,14-16,22H,10-13H2,1H3.